The molecule has 4 rings (SSSR count). The Bertz CT molecular complexity index is 1120. The molecule has 1 N–H and O–H groups in total. The minimum atomic E-state index is -1.15. The first-order valence-corrected chi connectivity index (χ1v) is 10.2. The fraction of sp³-hybridized carbons (Fsp3) is 0.292. The zero-order valence-corrected chi connectivity index (χ0v) is 18.2. The minimum absolute atomic E-state index is 0.240. The maximum absolute atomic E-state index is 13.5. The quantitative estimate of drug-likeness (QED) is 0.690. The largest absolute Gasteiger partial charge is 0.497 e. The number of aryl methyl sites for hydroxylation is 2. The third-order valence-electron chi connectivity index (χ3n) is 5.67. The summed E-state index contributed by atoms with van der Waals surface area (Å²) in [5.74, 6) is 0.181. The van der Waals surface area contributed by atoms with Crippen LogP contribution in [0.4, 0.5) is 5.69 Å². The highest BCUT2D eigenvalue weighted by Gasteiger charge is 2.48. The van der Waals surface area contributed by atoms with Crippen molar-refractivity contribution in [2.24, 2.45) is 0 Å². The molecule has 0 radical (unpaired) electrons. The summed E-state index contributed by atoms with van der Waals surface area (Å²) < 4.78 is 6.87. The van der Waals surface area contributed by atoms with Crippen LogP contribution in [0.15, 0.2) is 54.6 Å². The lowest BCUT2D eigenvalue weighted by Gasteiger charge is -2.43. The van der Waals surface area contributed by atoms with Gasteiger partial charge in [0, 0.05) is 12.2 Å². The van der Waals surface area contributed by atoms with E-state index in [1.165, 1.54) is 0 Å². The lowest BCUT2D eigenvalue weighted by atomic mass is 9.93. The second-order valence-electron chi connectivity index (χ2n) is 8.11. The summed E-state index contributed by atoms with van der Waals surface area (Å²) in [7, 11) is 1.59. The molecule has 0 fully saturated rings. The van der Waals surface area contributed by atoms with Crippen molar-refractivity contribution in [3.63, 3.8) is 0 Å². The fourth-order valence-corrected chi connectivity index (χ4v) is 3.92. The van der Waals surface area contributed by atoms with Gasteiger partial charge in [-0.15, -0.1) is 0 Å². The van der Waals surface area contributed by atoms with E-state index in [1.54, 1.807) is 53.9 Å². The maximum Gasteiger partial charge on any atom is 0.277 e. The summed E-state index contributed by atoms with van der Waals surface area (Å²) in [6, 6.07) is 16.9. The van der Waals surface area contributed by atoms with E-state index in [4.69, 9.17) is 4.74 Å². The van der Waals surface area contributed by atoms with Crippen LogP contribution in [0.25, 0.3) is 0 Å². The highest BCUT2D eigenvalue weighted by Crippen LogP contribution is 2.33. The van der Waals surface area contributed by atoms with Gasteiger partial charge < -0.3 is 10.1 Å². The molecule has 2 amide bonds. The van der Waals surface area contributed by atoms with Gasteiger partial charge in [0.05, 0.1) is 19.3 Å². The number of benzene rings is 2. The van der Waals surface area contributed by atoms with Crippen LogP contribution in [-0.4, -0.2) is 34.2 Å². The van der Waals surface area contributed by atoms with E-state index in [0.717, 1.165) is 16.8 Å². The molecule has 2 heterocycles. The van der Waals surface area contributed by atoms with E-state index in [2.05, 4.69) is 10.4 Å². The van der Waals surface area contributed by atoms with E-state index >= 15 is 0 Å². The summed E-state index contributed by atoms with van der Waals surface area (Å²) in [4.78, 5) is 28.5. The van der Waals surface area contributed by atoms with Gasteiger partial charge in [-0.05, 0) is 56.7 Å². The van der Waals surface area contributed by atoms with Crippen LogP contribution in [0.5, 0.6) is 5.75 Å². The predicted octanol–water partition coefficient (Wildman–Crippen LogP) is 3.24. The molecule has 1 aliphatic rings. The molecule has 0 saturated heterocycles. The third-order valence-corrected chi connectivity index (χ3v) is 5.67. The van der Waals surface area contributed by atoms with E-state index < -0.39 is 5.54 Å². The molecule has 0 spiro atoms. The normalized spacial score (nSPS) is 17.9. The van der Waals surface area contributed by atoms with Gasteiger partial charge in [0.15, 0.2) is 0 Å². The molecule has 31 heavy (non-hydrogen) atoms. The van der Waals surface area contributed by atoms with Crippen molar-refractivity contribution < 1.29 is 14.3 Å². The van der Waals surface area contributed by atoms with Crippen molar-refractivity contribution in [1.29, 1.82) is 0 Å². The molecular formula is C24H26N4O3. The van der Waals surface area contributed by atoms with Crippen LogP contribution in [-0.2, 0) is 17.9 Å². The SMILES string of the molecule is COc1ccc(N2C(=O)c3cc(C)nn3C[C@@]2(C)C(=O)NCc2ccc(C)cc2)cc1. The average Bonchev–Trinajstić information content (AvgIpc) is 3.13. The van der Waals surface area contributed by atoms with E-state index in [0.29, 0.717) is 23.7 Å². The average molecular weight is 418 g/mol. The predicted molar refractivity (Wildman–Crippen MR) is 118 cm³/mol. The molecular weight excluding hydrogens is 392 g/mol. The summed E-state index contributed by atoms with van der Waals surface area (Å²) in [5, 5.41) is 7.44. The van der Waals surface area contributed by atoms with E-state index in [9.17, 15) is 9.59 Å². The van der Waals surface area contributed by atoms with Gasteiger partial charge in [0.2, 0.25) is 5.91 Å². The number of amides is 2. The lowest BCUT2D eigenvalue weighted by Crippen LogP contribution is -2.64. The Labute approximate surface area is 181 Å². The Kier molecular flexibility index (Phi) is 5.27. The summed E-state index contributed by atoms with van der Waals surface area (Å²) in [6.45, 7) is 6.27. The summed E-state index contributed by atoms with van der Waals surface area (Å²) in [5.41, 5.74) is 2.84. The molecule has 160 valence electrons. The molecule has 7 heteroatoms. The Morgan fingerprint density at radius 3 is 2.45 bits per heavy atom. The number of hydrogen-bond donors (Lipinski definition) is 1. The first-order chi connectivity index (χ1) is 14.8. The van der Waals surface area contributed by atoms with Crippen LogP contribution in [0, 0.1) is 13.8 Å². The number of hydrogen-bond acceptors (Lipinski definition) is 4. The number of ether oxygens (including phenoxy) is 1. The number of carbonyl (C=O) groups excluding carboxylic acids is 2. The van der Waals surface area contributed by atoms with Crippen LogP contribution in [0.1, 0.15) is 34.2 Å². The standard InChI is InChI=1S/C24H26N4O3/c1-16-5-7-18(8-6-16)14-25-23(30)24(3)15-27-21(13-17(2)26-27)22(29)28(24)19-9-11-20(31-4)12-10-19/h5-13H,14-15H2,1-4H3,(H,25,30)/t24-/m0/s1. The van der Waals surface area contributed by atoms with Crippen molar-refractivity contribution in [1.82, 2.24) is 15.1 Å². The molecule has 1 aromatic heterocycles. The van der Waals surface area contributed by atoms with E-state index in [-0.39, 0.29) is 18.4 Å². The van der Waals surface area contributed by atoms with E-state index in [1.807, 2.05) is 38.1 Å². The monoisotopic (exact) mass is 418 g/mol. The van der Waals surface area contributed by atoms with Crippen molar-refractivity contribution in [2.75, 3.05) is 12.0 Å². The molecule has 0 aliphatic carbocycles. The Morgan fingerprint density at radius 1 is 1.13 bits per heavy atom. The number of aromatic nitrogens is 2. The summed E-state index contributed by atoms with van der Waals surface area (Å²) >= 11 is 0. The number of carbonyl (C=O) groups is 2. The van der Waals surface area contributed by atoms with Gasteiger partial charge in [0.1, 0.15) is 17.0 Å². The summed E-state index contributed by atoms with van der Waals surface area (Å²) in [6.07, 6.45) is 0. The number of anilines is 1. The molecule has 0 saturated carbocycles. The third kappa shape index (κ3) is 3.79. The number of rotatable bonds is 5. The van der Waals surface area contributed by atoms with Crippen LogP contribution < -0.4 is 15.0 Å². The smallest absolute Gasteiger partial charge is 0.277 e. The number of fused-ring (bicyclic) bond motifs is 1. The van der Waals surface area contributed by atoms with Gasteiger partial charge in [-0.2, -0.15) is 5.10 Å². The number of methoxy groups -OCH3 is 1. The van der Waals surface area contributed by atoms with Gasteiger partial charge >= 0.3 is 0 Å². The molecule has 2 aromatic carbocycles. The van der Waals surface area contributed by atoms with Crippen LogP contribution >= 0.6 is 0 Å². The molecule has 1 aliphatic heterocycles. The first-order valence-electron chi connectivity index (χ1n) is 10.2. The molecule has 0 bridgehead atoms. The zero-order valence-electron chi connectivity index (χ0n) is 18.2. The zero-order chi connectivity index (χ0) is 22.2. The van der Waals surface area contributed by atoms with Gasteiger partial charge in [-0.3, -0.25) is 19.2 Å². The molecule has 1 atom stereocenters. The number of nitrogens with one attached hydrogen (secondary N) is 1. The molecule has 0 unspecified atom stereocenters. The number of nitrogens with zero attached hydrogens (tertiary/aromatic N) is 3. The highest BCUT2D eigenvalue weighted by atomic mass is 16.5. The Morgan fingerprint density at radius 2 is 1.81 bits per heavy atom. The second-order valence-corrected chi connectivity index (χ2v) is 8.11. The van der Waals surface area contributed by atoms with Crippen molar-refractivity contribution >= 4 is 17.5 Å². The van der Waals surface area contributed by atoms with Crippen LogP contribution in [0.2, 0.25) is 0 Å². The lowest BCUT2D eigenvalue weighted by molar-refractivity contribution is -0.126. The topological polar surface area (TPSA) is 76.5 Å². The Balaban J connectivity index is 1.69. The van der Waals surface area contributed by atoms with Crippen molar-refractivity contribution in [3.8, 4) is 5.75 Å². The minimum Gasteiger partial charge on any atom is -0.497 e. The van der Waals surface area contributed by atoms with Crippen molar-refractivity contribution in [3.05, 3.63) is 77.1 Å². The fourth-order valence-electron chi connectivity index (χ4n) is 3.92. The van der Waals surface area contributed by atoms with Gasteiger partial charge in [-0.25, -0.2) is 0 Å². The highest BCUT2D eigenvalue weighted by molar-refractivity contribution is 6.11. The maximum atomic E-state index is 13.5. The second kappa shape index (κ2) is 7.91. The van der Waals surface area contributed by atoms with Crippen LogP contribution in [0.3, 0.4) is 0 Å². The van der Waals surface area contributed by atoms with Gasteiger partial charge in [0.25, 0.3) is 5.91 Å². The van der Waals surface area contributed by atoms with Gasteiger partial charge in [-0.1, -0.05) is 29.8 Å². The van der Waals surface area contributed by atoms with Crippen molar-refractivity contribution in [2.45, 2.75) is 39.4 Å². The Hall–Kier alpha value is -3.61. The molecule has 7 nitrogen and oxygen atoms in total. The molecule has 3 aromatic rings. The first kappa shape index (κ1) is 20.7.